The molecule has 1 aliphatic carbocycles. The smallest absolute Gasteiger partial charge is 0.154 e. The number of allylic oxidation sites excluding steroid dienone is 1. The predicted molar refractivity (Wildman–Crippen MR) is 141 cm³/mol. The van der Waals surface area contributed by atoms with E-state index in [1.807, 2.05) is 37.7 Å². The van der Waals surface area contributed by atoms with Crippen LogP contribution in [0.1, 0.15) is 41.3 Å². The number of aryl methyl sites for hydroxylation is 1. The molecule has 0 saturated carbocycles. The number of hydrogen-bond acceptors (Lipinski definition) is 5. The fourth-order valence-electron chi connectivity index (χ4n) is 6.08. The maximum absolute atomic E-state index is 6.96. The Hall–Kier alpha value is -3.22. The van der Waals surface area contributed by atoms with Crippen LogP contribution < -0.4 is 10.6 Å². The van der Waals surface area contributed by atoms with Crippen LogP contribution >= 0.6 is 11.6 Å². The second-order valence-corrected chi connectivity index (χ2v) is 10.2. The lowest BCUT2D eigenvalue weighted by Gasteiger charge is -2.42. The van der Waals surface area contributed by atoms with Gasteiger partial charge in [0.25, 0.3) is 0 Å². The lowest BCUT2D eigenvalue weighted by molar-refractivity contribution is 0.187. The molecule has 2 aliphatic rings. The SMILES string of the molecule is C=CCc1cccc2c1C(N)C1(CCN(c3nccn4c(-c5ccnc(C)c5Cl)ncc34)CC1)C2. The van der Waals surface area contributed by atoms with E-state index in [1.165, 1.54) is 16.7 Å². The zero-order valence-electron chi connectivity index (χ0n) is 19.9. The third kappa shape index (κ3) is 3.46. The number of fused-ring (bicyclic) bond motifs is 2. The molecule has 2 N–H and O–H groups in total. The van der Waals surface area contributed by atoms with Crippen LogP contribution in [0.2, 0.25) is 5.02 Å². The van der Waals surface area contributed by atoms with Gasteiger partial charge < -0.3 is 10.6 Å². The fraction of sp³-hybridized carbons (Fsp3) is 0.321. The zero-order chi connectivity index (χ0) is 24.2. The van der Waals surface area contributed by atoms with Crippen molar-refractivity contribution in [2.24, 2.45) is 11.1 Å². The zero-order valence-corrected chi connectivity index (χ0v) is 20.7. The van der Waals surface area contributed by atoms with Gasteiger partial charge in [-0.2, -0.15) is 0 Å². The third-order valence-corrected chi connectivity index (χ3v) is 8.44. The molecular weight excluding hydrogens is 456 g/mol. The molecule has 35 heavy (non-hydrogen) atoms. The van der Waals surface area contributed by atoms with Crippen molar-refractivity contribution in [1.82, 2.24) is 19.4 Å². The van der Waals surface area contributed by atoms with Gasteiger partial charge in [0.2, 0.25) is 0 Å². The number of benzene rings is 1. The number of rotatable bonds is 4. The largest absolute Gasteiger partial charge is 0.355 e. The molecule has 1 spiro atoms. The number of anilines is 1. The fourth-order valence-corrected chi connectivity index (χ4v) is 6.27. The van der Waals surface area contributed by atoms with E-state index < -0.39 is 0 Å². The van der Waals surface area contributed by atoms with Gasteiger partial charge in [0.1, 0.15) is 11.3 Å². The number of halogens is 1. The molecule has 0 radical (unpaired) electrons. The average Bonchev–Trinajstić information content (AvgIpc) is 3.41. The minimum Gasteiger partial charge on any atom is -0.355 e. The molecule has 1 unspecified atom stereocenters. The number of nitrogens with two attached hydrogens (primary N) is 1. The number of nitrogens with zero attached hydrogens (tertiary/aromatic N) is 5. The summed E-state index contributed by atoms with van der Waals surface area (Å²) >= 11 is 6.57. The summed E-state index contributed by atoms with van der Waals surface area (Å²) in [7, 11) is 0. The molecule has 1 aromatic carbocycles. The van der Waals surface area contributed by atoms with Gasteiger partial charge in [0.05, 0.1) is 16.9 Å². The van der Waals surface area contributed by atoms with E-state index in [1.54, 1.807) is 6.20 Å². The molecule has 178 valence electrons. The van der Waals surface area contributed by atoms with E-state index in [-0.39, 0.29) is 11.5 Å². The normalized spacial score (nSPS) is 18.8. The van der Waals surface area contributed by atoms with E-state index in [0.717, 1.165) is 67.2 Å². The van der Waals surface area contributed by atoms with Crippen molar-refractivity contribution in [2.45, 2.75) is 38.6 Å². The molecule has 6 rings (SSSR count). The summed E-state index contributed by atoms with van der Waals surface area (Å²) in [6, 6.07) is 8.60. The Kier molecular flexibility index (Phi) is 5.38. The van der Waals surface area contributed by atoms with Gasteiger partial charge in [-0.05, 0) is 60.8 Å². The number of hydrogen-bond donors (Lipinski definition) is 1. The first-order valence-electron chi connectivity index (χ1n) is 12.2. The summed E-state index contributed by atoms with van der Waals surface area (Å²) in [5.74, 6) is 1.76. The van der Waals surface area contributed by atoms with Crippen LogP contribution in [0.3, 0.4) is 0 Å². The van der Waals surface area contributed by atoms with E-state index in [2.05, 4.69) is 39.1 Å². The van der Waals surface area contributed by atoms with Gasteiger partial charge in [-0.25, -0.2) is 9.97 Å². The monoisotopic (exact) mass is 484 g/mol. The van der Waals surface area contributed by atoms with Crippen LogP contribution in [-0.4, -0.2) is 32.4 Å². The Labute approximate surface area is 210 Å². The van der Waals surface area contributed by atoms with E-state index in [4.69, 9.17) is 27.3 Å². The van der Waals surface area contributed by atoms with Gasteiger partial charge in [0, 0.05) is 43.3 Å². The van der Waals surface area contributed by atoms with Gasteiger partial charge >= 0.3 is 0 Å². The minimum atomic E-state index is 0.0678. The Morgan fingerprint density at radius 2 is 2.00 bits per heavy atom. The molecule has 0 bridgehead atoms. The topological polar surface area (TPSA) is 72.3 Å². The Balaban J connectivity index is 1.29. The second kappa shape index (κ2) is 8.47. The van der Waals surface area contributed by atoms with Crippen molar-refractivity contribution in [3.8, 4) is 11.4 Å². The highest BCUT2D eigenvalue weighted by Crippen LogP contribution is 2.52. The average molecular weight is 485 g/mol. The molecular formula is C28H29ClN6. The first-order valence-corrected chi connectivity index (χ1v) is 12.6. The summed E-state index contributed by atoms with van der Waals surface area (Å²) in [4.78, 5) is 16.2. The Bertz CT molecular complexity index is 1430. The minimum absolute atomic E-state index is 0.0678. The molecule has 4 heterocycles. The van der Waals surface area contributed by atoms with Gasteiger partial charge in [-0.3, -0.25) is 9.38 Å². The molecule has 3 aromatic heterocycles. The standard InChI is InChI=1S/C28H29ClN6/c1-3-5-19-6-4-7-20-16-28(25(30)23(19)20)9-13-34(14-10-28)27-22-17-33-26(35(22)15-12-32-27)21-8-11-31-18(2)24(21)29/h3-4,6-8,11-12,15,17,25H,1,5,9-10,13-14,16,30H2,2H3. The summed E-state index contributed by atoms with van der Waals surface area (Å²) in [5, 5.41) is 0.629. The van der Waals surface area contributed by atoms with Crippen molar-refractivity contribution in [3.63, 3.8) is 0 Å². The number of aromatic nitrogens is 4. The van der Waals surface area contributed by atoms with Gasteiger partial charge in [-0.1, -0.05) is 35.9 Å². The number of piperidine rings is 1. The quantitative estimate of drug-likeness (QED) is 0.397. The van der Waals surface area contributed by atoms with Crippen molar-refractivity contribution < 1.29 is 0 Å². The molecule has 4 aromatic rings. The van der Waals surface area contributed by atoms with Crippen LogP contribution in [0, 0.1) is 12.3 Å². The van der Waals surface area contributed by atoms with Crippen LogP contribution in [0.25, 0.3) is 16.9 Å². The Morgan fingerprint density at radius 3 is 2.80 bits per heavy atom. The molecule has 7 heteroatoms. The molecule has 0 amide bonds. The van der Waals surface area contributed by atoms with E-state index in [9.17, 15) is 0 Å². The molecule has 1 aliphatic heterocycles. The predicted octanol–water partition coefficient (Wildman–Crippen LogP) is 5.32. The van der Waals surface area contributed by atoms with Crippen LogP contribution in [-0.2, 0) is 12.8 Å². The summed E-state index contributed by atoms with van der Waals surface area (Å²) < 4.78 is 2.08. The first-order chi connectivity index (χ1) is 17.0. The molecule has 1 saturated heterocycles. The van der Waals surface area contributed by atoms with E-state index in [0.29, 0.717) is 5.02 Å². The highest BCUT2D eigenvalue weighted by atomic mass is 35.5. The van der Waals surface area contributed by atoms with Crippen LogP contribution in [0.15, 0.2) is 61.7 Å². The molecule has 1 atom stereocenters. The molecule has 6 nitrogen and oxygen atoms in total. The summed E-state index contributed by atoms with van der Waals surface area (Å²) in [6.45, 7) is 7.68. The van der Waals surface area contributed by atoms with Crippen molar-refractivity contribution in [1.29, 1.82) is 0 Å². The van der Waals surface area contributed by atoms with Crippen molar-refractivity contribution in [3.05, 3.63) is 89.1 Å². The van der Waals surface area contributed by atoms with Crippen LogP contribution in [0.4, 0.5) is 5.82 Å². The maximum atomic E-state index is 6.96. The Morgan fingerprint density at radius 1 is 1.17 bits per heavy atom. The van der Waals surface area contributed by atoms with Gasteiger partial charge in [0.15, 0.2) is 5.82 Å². The number of pyridine rings is 1. The van der Waals surface area contributed by atoms with Crippen molar-refractivity contribution in [2.75, 3.05) is 18.0 Å². The first kappa shape index (κ1) is 22.3. The molecule has 1 fully saturated rings. The van der Waals surface area contributed by atoms with Crippen LogP contribution in [0.5, 0.6) is 0 Å². The number of imidazole rings is 1. The highest BCUT2D eigenvalue weighted by Gasteiger charge is 2.46. The highest BCUT2D eigenvalue weighted by molar-refractivity contribution is 6.33. The lowest BCUT2D eigenvalue weighted by Crippen LogP contribution is -2.44. The van der Waals surface area contributed by atoms with Crippen molar-refractivity contribution >= 4 is 22.9 Å². The second-order valence-electron chi connectivity index (χ2n) is 9.83. The lowest BCUT2D eigenvalue weighted by atomic mass is 9.73. The summed E-state index contributed by atoms with van der Waals surface area (Å²) in [6.07, 6.45) is 13.4. The van der Waals surface area contributed by atoms with E-state index >= 15 is 0 Å². The van der Waals surface area contributed by atoms with Gasteiger partial charge in [-0.15, -0.1) is 6.58 Å². The third-order valence-electron chi connectivity index (χ3n) is 7.97. The maximum Gasteiger partial charge on any atom is 0.154 e. The summed E-state index contributed by atoms with van der Waals surface area (Å²) in [5.41, 5.74) is 13.8.